The first kappa shape index (κ1) is 9.43. The second-order valence-corrected chi connectivity index (χ2v) is 2.33. The molecule has 0 radical (unpaired) electrons. The Morgan fingerprint density at radius 1 is 1.60 bits per heavy atom. The monoisotopic (exact) mass is 146 g/mol. The molecule has 0 spiro atoms. The average Bonchev–Trinajstić information content (AvgIpc) is 1.87. The van der Waals surface area contributed by atoms with Crippen LogP contribution in [0.25, 0.3) is 0 Å². The second kappa shape index (κ2) is 4.28. The lowest BCUT2D eigenvalue weighted by atomic mass is 10.3. The summed E-state index contributed by atoms with van der Waals surface area (Å²) < 4.78 is 4.77. The molecule has 0 aliphatic heterocycles. The van der Waals surface area contributed by atoms with Gasteiger partial charge < -0.3 is 9.84 Å². The van der Waals surface area contributed by atoms with E-state index in [4.69, 9.17) is 9.84 Å². The predicted molar refractivity (Wildman–Crippen MR) is 37.5 cm³/mol. The topological polar surface area (TPSA) is 46.5 Å². The molecule has 0 aliphatic carbocycles. The fourth-order valence-electron chi connectivity index (χ4n) is 0.380. The summed E-state index contributed by atoms with van der Waals surface area (Å²) in [5.74, 6) is -0.547. The molecular formula is C7H14O3. The Morgan fingerprint density at radius 2 is 2.10 bits per heavy atom. The summed E-state index contributed by atoms with van der Waals surface area (Å²) in [6.07, 6.45) is -0.325. The highest BCUT2D eigenvalue weighted by Gasteiger charge is 2.12. The molecule has 1 N–H and O–H groups in total. The molecule has 0 rings (SSSR count). The quantitative estimate of drug-likeness (QED) is 0.596. The van der Waals surface area contributed by atoms with Gasteiger partial charge in [-0.05, 0) is 20.3 Å². The van der Waals surface area contributed by atoms with Crippen molar-refractivity contribution in [2.45, 2.75) is 39.4 Å². The van der Waals surface area contributed by atoms with Crippen LogP contribution >= 0.6 is 0 Å². The molecule has 0 amide bonds. The molecule has 10 heavy (non-hydrogen) atoms. The molecule has 0 heterocycles. The number of carbonyl (C=O) groups excluding carboxylic acids is 1. The fourth-order valence-corrected chi connectivity index (χ4v) is 0.380. The lowest BCUT2D eigenvalue weighted by Gasteiger charge is -2.11. The number of aliphatic hydroxyl groups is 1. The van der Waals surface area contributed by atoms with Gasteiger partial charge in [0, 0.05) is 0 Å². The van der Waals surface area contributed by atoms with Crippen LogP contribution in [0.3, 0.4) is 0 Å². The molecule has 0 aromatic carbocycles. The SMILES string of the molecule is CCC(C)OC(=O)C(C)O. The maximum atomic E-state index is 10.6. The largest absolute Gasteiger partial charge is 0.461 e. The minimum atomic E-state index is -1.01. The van der Waals surface area contributed by atoms with Crippen LogP contribution in [-0.2, 0) is 9.53 Å². The highest BCUT2D eigenvalue weighted by molar-refractivity contribution is 5.73. The summed E-state index contributed by atoms with van der Waals surface area (Å²) in [7, 11) is 0. The van der Waals surface area contributed by atoms with Crippen LogP contribution in [0, 0.1) is 0 Å². The Labute approximate surface area is 61.0 Å². The van der Waals surface area contributed by atoms with E-state index in [2.05, 4.69) is 0 Å². The molecule has 0 bridgehead atoms. The van der Waals surface area contributed by atoms with Gasteiger partial charge in [0.05, 0.1) is 6.10 Å². The normalized spacial score (nSPS) is 16.0. The zero-order valence-electron chi connectivity index (χ0n) is 6.63. The van der Waals surface area contributed by atoms with E-state index in [0.29, 0.717) is 0 Å². The molecule has 0 saturated carbocycles. The van der Waals surface area contributed by atoms with Gasteiger partial charge >= 0.3 is 5.97 Å². The zero-order valence-corrected chi connectivity index (χ0v) is 6.63. The number of hydrogen-bond donors (Lipinski definition) is 1. The standard InChI is InChI=1S/C7H14O3/c1-4-5(2)10-7(9)6(3)8/h5-6,8H,4H2,1-3H3. The Kier molecular flexibility index (Phi) is 4.03. The first-order valence-electron chi connectivity index (χ1n) is 3.46. The second-order valence-electron chi connectivity index (χ2n) is 2.33. The van der Waals surface area contributed by atoms with Gasteiger partial charge in [0.15, 0.2) is 0 Å². The van der Waals surface area contributed by atoms with E-state index >= 15 is 0 Å². The predicted octanol–water partition coefficient (Wildman–Crippen LogP) is 0.709. The molecule has 0 aromatic heterocycles. The molecule has 0 fully saturated rings. The molecule has 2 unspecified atom stereocenters. The van der Waals surface area contributed by atoms with Gasteiger partial charge in [-0.15, -0.1) is 0 Å². The smallest absolute Gasteiger partial charge is 0.334 e. The molecule has 60 valence electrons. The Hall–Kier alpha value is -0.570. The molecule has 3 nitrogen and oxygen atoms in total. The van der Waals surface area contributed by atoms with E-state index < -0.39 is 12.1 Å². The van der Waals surface area contributed by atoms with Crippen molar-refractivity contribution >= 4 is 5.97 Å². The summed E-state index contributed by atoms with van der Waals surface area (Å²) in [6.45, 7) is 5.10. The Balaban J connectivity index is 3.57. The van der Waals surface area contributed by atoms with Crippen LogP contribution < -0.4 is 0 Å². The molecule has 0 aliphatic rings. The van der Waals surface area contributed by atoms with Crippen LogP contribution in [-0.4, -0.2) is 23.3 Å². The van der Waals surface area contributed by atoms with Gasteiger partial charge in [0.25, 0.3) is 0 Å². The maximum absolute atomic E-state index is 10.6. The van der Waals surface area contributed by atoms with Crippen molar-refractivity contribution in [3.05, 3.63) is 0 Å². The lowest BCUT2D eigenvalue weighted by Crippen LogP contribution is -2.23. The van der Waals surface area contributed by atoms with Crippen molar-refractivity contribution in [2.24, 2.45) is 0 Å². The molecule has 0 aromatic rings. The van der Waals surface area contributed by atoms with Crippen molar-refractivity contribution in [3.63, 3.8) is 0 Å². The van der Waals surface area contributed by atoms with E-state index in [9.17, 15) is 4.79 Å². The van der Waals surface area contributed by atoms with Gasteiger partial charge in [0.2, 0.25) is 0 Å². The lowest BCUT2D eigenvalue weighted by molar-refractivity contribution is -0.157. The van der Waals surface area contributed by atoms with Gasteiger partial charge in [0.1, 0.15) is 6.10 Å². The fraction of sp³-hybridized carbons (Fsp3) is 0.857. The van der Waals surface area contributed by atoms with Crippen LogP contribution in [0.15, 0.2) is 0 Å². The van der Waals surface area contributed by atoms with E-state index in [-0.39, 0.29) is 6.10 Å². The first-order chi connectivity index (χ1) is 4.57. The molecule has 3 heteroatoms. The third kappa shape index (κ3) is 3.45. The third-order valence-electron chi connectivity index (χ3n) is 1.23. The summed E-state index contributed by atoms with van der Waals surface area (Å²) in [4.78, 5) is 10.6. The highest BCUT2D eigenvalue weighted by atomic mass is 16.6. The van der Waals surface area contributed by atoms with Crippen LogP contribution in [0.5, 0.6) is 0 Å². The highest BCUT2D eigenvalue weighted by Crippen LogP contribution is 1.98. The summed E-state index contributed by atoms with van der Waals surface area (Å²) >= 11 is 0. The zero-order chi connectivity index (χ0) is 8.15. The van der Waals surface area contributed by atoms with Crippen LogP contribution in [0.4, 0.5) is 0 Å². The number of rotatable bonds is 3. The molecule has 2 atom stereocenters. The number of ether oxygens (including phenoxy) is 1. The molecular weight excluding hydrogens is 132 g/mol. The van der Waals surface area contributed by atoms with Crippen molar-refractivity contribution in [2.75, 3.05) is 0 Å². The summed E-state index contributed by atoms with van der Waals surface area (Å²) in [5.41, 5.74) is 0. The van der Waals surface area contributed by atoms with E-state index in [1.165, 1.54) is 6.92 Å². The van der Waals surface area contributed by atoms with Gasteiger partial charge in [-0.3, -0.25) is 0 Å². The Morgan fingerprint density at radius 3 is 2.40 bits per heavy atom. The van der Waals surface area contributed by atoms with Crippen molar-refractivity contribution in [1.82, 2.24) is 0 Å². The maximum Gasteiger partial charge on any atom is 0.334 e. The van der Waals surface area contributed by atoms with Crippen LogP contribution in [0.1, 0.15) is 27.2 Å². The number of carbonyl (C=O) groups is 1. The van der Waals surface area contributed by atoms with E-state index in [1.54, 1.807) is 6.92 Å². The third-order valence-corrected chi connectivity index (χ3v) is 1.23. The first-order valence-corrected chi connectivity index (χ1v) is 3.46. The van der Waals surface area contributed by atoms with Gasteiger partial charge in [-0.1, -0.05) is 6.92 Å². The van der Waals surface area contributed by atoms with Crippen molar-refractivity contribution in [1.29, 1.82) is 0 Å². The van der Waals surface area contributed by atoms with E-state index in [1.807, 2.05) is 6.92 Å². The van der Waals surface area contributed by atoms with Gasteiger partial charge in [-0.2, -0.15) is 0 Å². The van der Waals surface area contributed by atoms with Crippen molar-refractivity contribution < 1.29 is 14.6 Å². The van der Waals surface area contributed by atoms with E-state index in [0.717, 1.165) is 6.42 Å². The summed E-state index contributed by atoms with van der Waals surface area (Å²) in [5, 5.41) is 8.69. The Bertz CT molecular complexity index is 109. The molecule has 0 saturated heterocycles. The summed E-state index contributed by atoms with van der Waals surface area (Å²) in [6, 6.07) is 0. The number of hydrogen-bond acceptors (Lipinski definition) is 3. The van der Waals surface area contributed by atoms with Gasteiger partial charge in [-0.25, -0.2) is 4.79 Å². The average molecular weight is 146 g/mol. The minimum Gasteiger partial charge on any atom is -0.461 e. The minimum absolute atomic E-state index is 0.0953. The number of esters is 1. The number of aliphatic hydroxyl groups excluding tert-OH is 1. The van der Waals surface area contributed by atoms with Crippen LogP contribution in [0.2, 0.25) is 0 Å². The van der Waals surface area contributed by atoms with Crippen molar-refractivity contribution in [3.8, 4) is 0 Å².